The van der Waals surface area contributed by atoms with Gasteiger partial charge in [0.25, 0.3) is 0 Å². The Hall–Kier alpha value is -2.01. The van der Waals surface area contributed by atoms with Crippen LogP contribution in [-0.4, -0.2) is 16.5 Å². The third-order valence-corrected chi connectivity index (χ3v) is 4.71. The molecule has 0 amide bonds. The van der Waals surface area contributed by atoms with Gasteiger partial charge in [0.15, 0.2) is 0 Å². The average molecular weight is 285 g/mol. The van der Waals surface area contributed by atoms with Crippen molar-refractivity contribution in [3.63, 3.8) is 0 Å². The number of thiophene rings is 1. The number of aromatic nitrogens is 2. The molecule has 1 aliphatic rings. The first-order valence-corrected chi connectivity index (χ1v) is 7.40. The van der Waals surface area contributed by atoms with Crippen molar-refractivity contribution in [2.45, 2.75) is 13.0 Å². The summed E-state index contributed by atoms with van der Waals surface area (Å²) >= 11 is 1.81. The van der Waals surface area contributed by atoms with Crippen LogP contribution < -0.4 is 4.90 Å². The summed E-state index contributed by atoms with van der Waals surface area (Å²) in [4.78, 5) is 12.2. The largest absolute Gasteiger partial charge is 0.351 e. The Labute approximate surface area is 119 Å². The Morgan fingerprint density at radius 2 is 2.15 bits per heavy atom. The lowest BCUT2D eigenvalue weighted by molar-refractivity contribution is 0.629. The van der Waals surface area contributed by atoms with Crippen LogP contribution in [0.3, 0.4) is 0 Å². The Balaban J connectivity index is 1.81. The predicted molar refractivity (Wildman–Crippen MR) is 78.6 cm³/mol. The maximum Gasteiger partial charge on any atom is 0.140 e. The summed E-state index contributed by atoms with van der Waals surface area (Å²) in [5.41, 5.74) is 2.14. The SMILES string of the molecule is Fc1ccc2ncnc(N3CCc4sccc4C3)c2c1. The van der Waals surface area contributed by atoms with Crippen LogP contribution >= 0.6 is 11.3 Å². The van der Waals surface area contributed by atoms with Crippen molar-refractivity contribution >= 4 is 28.1 Å². The summed E-state index contributed by atoms with van der Waals surface area (Å²) < 4.78 is 13.5. The average Bonchev–Trinajstić information content (AvgIpc) is 2.94. The van der Waals surface area contributed by atoms with Crippen molar-refractivity contribution in [1.29, 1.82) is 0 Å². The molecular weight excluding hydrogens is 273 g/mol. The third kappa shape index (κ3) is 1.86. The van der Waals surface area contributed by atoms with E-state index in [0.29, 0.717) is 0 Å². The van der Waals surface area contributed by atoms with E-state index in [-0.39, 0.29) is 5.82 Å². The van der Waals surface area contributed by atoms with E-state index in [1.54, 1.807) is 12.4 Å². The molecule has 3 heterocycles. The maximum absolute atomic E-state index is 13.5. The van der Waals surface area contributed by atoms with E-state index in [1.807, 2.05) is 11.3 Å². The molecule has 0 unspecified atom stereocenters. The Kier molecular flexibility index (Phi) is 2.67. The molecule has 1 aliphatic heterocycles. The quantitative estimate of drug-likeness (QED) is 0.686. The molecule has 3 aromatic rings. The summed E-state index contributed by atoms with van der Waals surface area (Å²) in [6.07, 6.45) is 2.58. The van der Waals surface area contributed by atoms with Crippen LogP contribution in [-0.2, 0) is 13.0 Å². The van der Waals surface area contributed by atoms with Crippen LogP contribution in [0.15, 0.2) is 36.0 Å². The van der Waals surface area contributed by atoms with Crippen LogP contribution in [0.5, 0.6) is 0 Å². The van der Waals surface area contributed by atoms with Gasteiger partial charge in [-0.3, -0.25) is 0 Å². The Morgan fingerprint density at radius 1 is 1.20 bits per heavy atom. The molecule has 0 saturated heterocycles. The molecule has 0 atom stereocenters. The lowest BCUT2D eigenvalue weighted by atomic mass is 10.1. The second-order valence-corrected chi connectivity index (χ2v) is 5.90. The van der Waals surface area contributed by atoms with E-state index in [9.17, 15) is 4.39 Å². The van der Waals surface area contributed by atoms with Crippen LogP contribution in [0.1, 0.15) is 10.4 Å². The molecule has 0 N–H and O–H groups in total. The van der Waals surface area contributed by atoms with Gasteiger partial charge in [0, 0.05) is 23.4 Å². The van der Waals surface area contributed by atoms with Gasteiger partial charge in [-0.25, -0.2) is 14.4 Å². The topological polar surface area (TPSA) is 29.0 Å². The monoisotopic (exact) mass is 285 g/mol. The van der Waals surface area contributed by atoms with E-state index in [1.165, 1.54) is 22.6 Å². The van der Waals surface area contributed by atoms with Gasteiger partial charge < -0.3 is 4.90 Å². The third-order valence-electron chi connectivity index (χ3n) is 3.68. The Morgan fingerprint density at radius 3 is 3.10 bits per heavy atom. The van der Waals surface area contributed by atoms with Gasteiger partial charge in [0.05, 0.1) is 5.52 Å². The fraction of sp³-hybridized carbons (Fsp3) is 0.200. The molecule has 0 bridgehead atoms. The highest BCUT2D eigenvalue weighted by atomic mass is 32.1. The predicted octanol–water partition coefficient (Wildman–Crippen LogP) is 3.39. The van der Waals surface area contributed by atoms with E-state index < -0.39 is 0 Å². The molecule has 0 spiro atoms. The van der Waals surface area contributed by atoms with Crippen LogP contribution in [0.4, 0.5) is 10.2 Å². The fourth-order valence-corrected chi connectivity index (χ4v) is 3.59. The molecule has 0 fully saturated rings. The summed E-state index contributed by atoms with van der Waals surface area (Å²) in [6, 6.07) is 6.83. The molecule has 0 aliphatic carbocycles. The molecule has 20 heavy (non-hydrogen) atoms. The van der Waals surface area contributed by atoms with E-state index in [2.05, 4.69) is 26.3 Å². The summed E-state index contributed by atoms with van der Waals surface area (Å²) in [6.45, 7) is 1.75. The summed E-state index contributed by atoms with van der Waals surface area (Å²) in [5, 5.41) is 2.91. The highest BCUT2D eigenvalue weighted by Gasteiger charge is 2.20. The number of hydrogen-bond acceptors (Lipinski definition) is 4. The number of halogens is 1. The van der Waals surface area contributed by atoms with Crippen LogP contribution in [0.25, 0.3) is 10.9 Å². The first-order chi connectivity index (χ1) is 9.81. The summed E-state index contributed by atoms with van der Waals surface area (Å²) in [7, 11) is 0. The number of nitrogens with zero attached hydrogens (tertiary/aromatic N) is 3. The van der Waals surface area contributed by atoms with Crippen molar-refractivity contribution in [3.05, 3.63) is 52.2 Å². The van der Waals surface area contributed by atoms with Gasteiger partial charge in [-0.1, -0.05) is 0 Å². The highest BCUT2D eigenvalue weighted by Crippen LogP contribution is 2.30. The molecular formula is C15H12FN3S. The molecule has 0 radical (unpaired) electrons. The van der Waals surface area contributed by atoms with Crippen LogP contribution in [0.2, 0.25) is 0 Å². The maximum atomic E-state index is 13.5. The van der Waals surface area contributed by atoms with Gasteiger partial charge >= 0.3 is 0 Å². The lowest BCUT2D eigenvalue weighted by Gasteiger charge is -2.28. The molecule has 100 valence electrons. The molecule has 5 heteroatoms. The minimum Gasteiger partial charge on any atom is -0.351 e. The first-order valence-electron chi connectivity index (χ1n) is 6.52. The fourth-order valence-electron chi connectivity index (χ4n) is 2.70. The van der Waals surface area contributed by atoms with Crippen LogP contribution in [0, 0.1) is 5.82 Å². The highest BCUT2D eigenvalue weighted by molar-refractivity contribution is 7.10. The minimum absolute atomic E-state index is 0.248. The summed E-state index contributed by atoms with van der Waals surface area (Å²) in [5.74, 6) is 0.577. The zero-order chi connectivity index (χ0) is 13.5. The second-order valence-electron chi connectivity index (χ2n) is 4.90. The van der Waals surface area contributed by atoms with Gasteiger partial charge in [-0.15, -0.1) is 11.3 Å². The van der Waals surface area contributed by atoms with E-state index >= 15 is 0 Å². The Bertz CT molecular complexity index is 784. The smallest absolute Gasteiger partial charge is 0.140 e. The van der Waals surface area contributed by atoms with Gasteiger partial charge in [0.1, 0.15) is 18.0 Å². The number of hydrogen-bond donors (Lipinski definition) is 0. The standard InChI is InChI=1S/C15H12FN3S/c16-11-1-2-13-12(7-11)15(18-9-17-13)19-5-3-14-10(8-19)4-6-20-14/h1-2,4,6-7,9H,3,5,8H2. The van der Waals surface area contributed by atoms with E-state index in [0.717, 1.165) is 36.2 Å². The van der Waals surface area contributed by atoms with Crippen molar-refractivity contribution in [2.24, 2.45) is 0 Å². The second kappa shape index (κ2) is 4.52. The lowest BCUT2D eigenvalue weighted by Crippen LogP contribution is -2.30. The van der Waals surface area contributed by atoms with Crippen molar-refractivity contribution in [2.75, 3.05) is 11.4 Å². The number of anilines is 1. The van der Waals surface area contributed by atoms with Crippen molar-refractivity contribution < 1.29 is 4.39 Å². The van der Waals surface area contributed by atoms with Crippen molar-refractivity contribution in [1.82, 2.24) is 9.97 Å². The molecule has 1 aromatic carbocycles. The molecule has 3 nitrogen and oxygen atoms in total. The normalized spacial score (nSPS) is 14.6. The van der Waals surface area contributed by atoms with E-state index in [4.69, 9.17) is 0 Å². The van der Waals surface area contributed by atoms with Gasteiger partial charge in [-0.05, 0) is 41.6 Å². The molecule has 0 saturated carbocycles. The number of benzene rings is 1. The molecule has 4 rings (SSSR count). The number of rotatable bonds is 1. The molecule has 2 aromatic heterocycles. The van der Waals surface area contributed by atoms with Crippen molar-refractivity contribution in [3.8, 4) is 0 Å². The van der Waals surface area contributed by atoms with Gasteiger partial charge in [0.2, 0.25) is 0 Å². The zero-order valence-electron chi connectivity index (χ0n) is 10.7. The minimum atomic E-state index is -0.248. The van der Waals surface area contributed by atoms with Gasteiger partial charge in [-0.2, -0.15) is 0 Å². The zero-order valence-corrected chi connectivity index (χ0v) is 11.5. The number of fused-ring (bicyclic) bond motifs is 2. The first kappa shape index (κ1) is 11.8.